The third-order valence-corrected chi connectivity index (χ3v) is 16.0. The van der Waals surface area contributed by atoms with Crippen molar-refractivity contribution < 1.29 is 9.90 Å². The van der Waals surface area contributed by atoms with E-state index in [4.69, 9.17) is 0 Å². The zero-order chi connectivity index (χ0) is 22.9. The Labute approximate surface area is 206 Å². The molecule has 1 aliphatic rings. The van der Waals surface area contributed by atoms with Crippen LogP contribution in [0.25, 0.3) is 22.9 Å². The number of allylic oxidation sites excluding steroid dienone is 3. The monoisotopic (exact) mass is 682 g/mol. The topological polar surface area (TPSA) is 37.3 Å². The molecule has 2 nitrogen and oxygen atoms in total. The van der Waals surface area contributed by atoms with Crippen LogP contribution in [0.15, 0.2) is 83.4 Å². The minimum absolute atomic E-state index is 0.0465. The molecular weight excluding hydrogens is 657 g/mol. The number of carboxylic acids is 1. The van der Waals surface area contributed by atoms with Crippen LogP contribution >= 0.6 is 15.9 Å². The molecule has 163 valence electrons. The standard InChI is InChI=1S/C26H22BrO2.C2H4.Po/c1-4-6-23(17(2)3)24-15-22-14-19(11-12-20(22)16-25(24)27)10-9-18-7-5-8-21(13-18)26(28)29;1-2;/h4-16H,2H2,1,3H3,(H,28,29);1-2H2;/b6-4+,10-9+;;. The summed E-state index contributed by atoms with van der Waals surface area (Å²) in [6.07, 6.45) is 8.60. The molecule has 0 aromatic heterocycles. The molecule has 4 rings (SSSR count). The van der Waals surface area contributed by atoms with Gasteiger partial charge in [-0.1, -0.05) is 0 Å². The minimum atomic E-state index is -1.55. The van der Waals surface area contributed by atoms with Gasteiger partial charge < -0.3 is 5.11 Å². The number of rotatable bonds is 7. The van der Waals surface area contributed by atoms with Crippen LogP contribution in [0.4, 0.5) is 0 Å². The second-order valence-corrected chi connectivity index (χ2v) is 18.5. The summed E-state index contributed by atoms with van der Waals surface area (Å²) in [6.45, 7) is 8.73. The predicted molar refractivity (Wildman–Crippen MR) is 141 cm³/mol. The number of benzene rings is 3. The summed E-state index contributed by atoms with van der Waals surface area (Å²) in [5, 5.41) is 11.6. The van der Waals surface area contributed by atoms with Crippen LogP contribution in [-0.2, 0) is 3.07 Å². The molecule has 0 aliphatic carbocycles. The Morgan fingerprint density at radius 3 is 2.41 bits per heavy atom. The summed E-state index contributed by atoms with van der Waals surface area (Å²) in [6, 6.07) is 18.0. The Morgan fingerprint density at radius 2 is 1.78 bits per heavy atom. The first-order valence-electron chi connectivity index (χ1n) is 10.6. The maximum atomic E-state index is 11.2. The summed E-state index contributed by atoms with van der Waals surface area (Å²) in [5.74, 6) is -0.910. The van der Waals surface area contributed by atoms with E-state index in [-0.39, 0.29) is 3.07 Å². The van der Waals surface area contributed by atoms with E-state index >= 15 is 0 Å². The van der Waals surface area contributed by atoms with E-state index in [1.54, 1.807) is 18.2 Å². The molecule has 0 saturated carbocycles. The van der Waals surface area contributed by atoms with E-state index in [0.29, 0.717) is 5.56 Å². The molecule has 1 atom stereocenters. The van der Waals surface area contributed by atoms with Crippen LogP contribution < -0.4 is 0 Å². The zero-order valence-corrected chi connectivity index (χ0v) is 23.0. The van der Waals surface area contributed by atoms with Gasteiger partial charge in [0.15, 0.2) is 0 Å². The number of hydrogen-bond acceptors (Lipinski definition) is 1. The van der Waals surface area contributed by atoms with Gasteiger partial charge in [0.05, 0.1) is 0 Å². The van der Waals surface area contributed by atoms with E-state index in [1.165, 1.54) is 34.5 Å². The molecule has 0 amide bonds. The molecule has 1 heterocycles. The zero-order valence-electron chi connectivity index (χ0n) is 18.3. The molecule has 1 saturated heterocycles. The summed E-state index contributed by atoms with van der Waals surface area (Å²) >= 11 is 2.33. The molecule has 1 radical (unpaired) electrons. The van der Waals surface area contributed by atoms with Crippen LogP contribution in [0.2, 0.25) is 8.16 Å². The van der Waals surface area contributed by atoms with Crippen molar-refractivity contribution in [2.75, 3.05) is 0 Å². The van der Waals surface area contributed by atoms with Crippen molar-refractivity contribution in [3.05, 3.63) is 106 Å². The fourth-order valence-electron chi connectivity index (χ4n) is 4.20. The van der Waals surface area contributed by atoms with Gasteiger partial charge in [0.2, 0.25) is 0 Å². The number of halogens is 1. The van der Waals surface area contributed by atoms with Crippen LogP contribution in [0.5, 0.6) is 0 Å². The molecule has 0 spiro atoms. The molecule has 1 aliphatic heterocycles. The van der Waals surface area contributed by atoms with Gasteiger partial charge in [0.25, 0.3) is 0 Å². The fourth-order valence-corrected chi connectivity index (χ4v) is 16.2. The van der Waals surface area contributed by atoms with E-state index in [1.807, 2.05) is 18.2 Å². The Kier molecular flexibility index (Phi) is 6.85. The molecule has 1 unspecified atom stereocenters. The number of carboxylic acid groups (broad SMARTS) is 1. The van der Waals surface area contributed by atoms with Crippen molar-refractivity contribution in [1.29, 1.82) is 0 Å². The molecule has 4 heteroatoms. The van der Waals surface area contributed by atoms with E-state index in [2.05, 4.69) is 78.8 Å². The van der Waals surface area contributed by atoms with Gasteiger partial charge in [-0.05, 0) is 0 Å². The molecule has 1 fully saturated rings. The number of carbonyl (C=O) groups is 1. The molecule has 3 aromatic carbocycles. The first kappa shape index (κ1) is 23.2. The summed E-state index contributed by atoms with van der Waals surface area (Å²) in [5.41, 5.74) is 4.88. The predicted octanol–water partition coefficient (Wildman–Crippen LogP) is 7.91. The van der Waals surface area contributed by atoms with Crippen LogP contribution in [0.3, 0.4) is 0 Å². The summed E-state index contributed by atoms with van der Waals surface area (Å²) in [4.78, 5) is 11.2. The summed E-state index contributed by atoms with van der Waals surface area (Å²) in [7, 11) is 0. The maximum absolute atomic E-state index is 11.2. The van der Waals surface area contributed by atoms with Crippen LogP contribution in [0, 0.1) is 0 Å². The van der Waals surface area contributed by atoms with Crippen LogP contribution in [-0.4, -0.2) is 33.1 Å². The van der Waals surface area contributed by atoms with Gasteiger partial charge in [0, 0.05) is 0 Å². The Bertz CT molecular complexity index is 1270. The first-order chi connectivity index (χ1) is 15.3. The molecule has 32 heavy (non-hydrogen) atoms. The van der Waals surface area contributed by atoms with Gasteiger partial charge in [-0.25, -0.2) is 4.79 Å². The van der Waals surface area contributed by atoms with Crippen molar-refractivity contribution in [1.82, 2.24) is 0 Å². The van der Waals surface area contributed by atoms with Crippen molar-refractivity contribution in [3.8, 4) is 0 Å². The summed E-state index contributed by atoms with van der Waals surface area (Å²) < 4.78 is 4.05. The second-order valence-electron chi connectivity index (χ2n) is 8.12. The normalized spacial score (nSPS) is 16.0. The Balaban J connectivity index is 1.76. The fraction of sp³-hybridized carbons (Fsp3) is 0.179. The second kappa shape index (κ2) is 9.46. The van der Waals surface area contributed by atoms with E-state index in [9.17, 15) is 9.90 Å². The van der Waals surface area contributed by atoms with E-state index in [0.717, 1.165) is 11.1 Å². The van der Waals surface area contributed by atoms with Crippen LogP contribution in [0.1, 0.15) is 40.9 Å². The van der Waals surface area contributed by atoms with Crippen molar-refractivity contribution in [2.45, 2.75) is 25.1 Å². The molecule has 1 N–H and O–H groups in total. The Hall–Kier alpha value is -2.01. The van der Waals surface area contributed by atoms with Gasteiger partial charge in [-0.2, -0.15) is 0 Å². The SMILES string of the molecule is C=C(C)[C](/C=C/C)(c1cc2cc(/C=C/c3cccc(C(=O)O)c3)ccc2cc1Br)[Po]1[CH2][CH2]1. The molecule has 3 aromatic rings. The first-order valence-corrected chi connectivity index (χ1v) is 17.4. The van der Waals surface area contributed by atoms with Gasteiger partial charge in [0.1, 0.15) is 0 Å². The van der Waals surface area contributed by atoms with E-state index < -0.39 is 28.0 Å². The number of fused-ring (bicyclic) bond motifs is 1. The molecule has 0 bridgehead atoms. The molecular formula is C28H26BrO2Po. The van der Waals surface area contributed by atoms with Crippen molar-refractivity contribution >= 4 is 66.9 Å². The average Bonchev–Trinajstić information content (AvgIpc) is 3.61. The third-order valence-electron chi connectivity index (χ3n) is 5.85. The third kappa shape index (κ3) is 4.54. The Morgan fingerprint density at radius 1 is 1.06 bits per heavy atom. The van der Waals surface area contributed by atoms with Gasteiger partial charge >= 0.3 is 198 Å². The van der Waals surface area contributed by atoms with Gasteiger partial charge in [-0.3, -0.25) is 0 Å². The van der Waals surface area contributed by atoms with Gasteiger partial charge in [-0.15, -0.1) is 0 Å². The quantitative estimate of drug-likeness (QED) is 0.203. The number of hydrogen-bond donors (Lipinski definition) is 1. The van der Waals surface area contributed by atoms with Crippen molar-refractivity contribution in [3.63, 3.8) is 0 Å². The average molecular weight is 683 g/mol. The number of aromatic carboxylic acids is 1. The van der Waals surface area contributed by atoms with Crippen molar-refractivity contribution in [2.24, 2.45) is 0 Å².